The van der Waals surface area contributed by atoms with Crippen LogP contribution in [0.1, 0.15) is 48.7 Å². The van der Waals surface area contributed by atoms with Crippen LogP contribution >= 0.6 is 0 Å². The van der Waals surface area contributed by atoms with Gasteiger partial charge in [0.05, 0.1) is 0 Å². The molecule has 0 amide bonds. The number of benzene rings is 1. The highest BCUT2D eigenvalue weighted by atomic mass is 14.8. The molecule has 1 unspecified atom stereocenters. The maximum absolute atomic E-state index is 6.26. The molecule has 0 aliphatic carbocycles. The van der Waals surface area contributed by atoms with Crippen molar-refractivity contribution < 1.29 is 0 Å². The Morgan fingerprint density at radius 3 is 2.53 bits per heavy atom. The standard InChI is InChI=1S/C15H22N2/c1-5-12(16)14-11-8-9(3)7-10(4)15(11)17-13(14)6-2/h7-8,12,17H,5-6,16H2,1-4H3. The van der Waals surface area contributed by atoms with Crippen LogP contribution in [0, 0.1) is 13.8 Å². The normalized spacial score (nSPS) is 13.2. The Morgan fingerprint density at radius 1 is 1.24 bits per heavy atom. The third-order valence-corrected chi connectivity index (χ3v) is 3.54. The van der Waals surface area contributed by atoms with Gasteiger partial charge in [0.1, 0.15) is 0 Å². The molecule has 1 heterocycles. The lowest BCUT2D eigenvalue weighted by Crippen LogP contribution is -2.10. The molecule has 2 nitrogen and oxygen atoms in total. The van der Waals surface area contributed by atoms with Crippen LogP contribution in [-0.4, -0.2) is 4.98 Å². The Bertz CT molecular complexity index is 537. The predicted octanol–water partition coefficient (Wildman–Crippen LogP) is 3.76. The smallest absolute Gasteiger partial charge is 0.0489 e. The summed E-state index contributed by atoms with van der Waals surface area (Å²) in [5.41, 5.74) is 12.7. The van der Waals surface area contributed by atoms with Crippen molar-refractivity contribution in [1.82, 2.24) is 4.98 Å². The van der Waals surface area contributed by atoms with Crippen molar-refractivity contribution in [2.45, 2.75) is 46.6 Å². The van der Waals surface area contributed by atoms with Crippen LogP contribution < -0.4 is 5.73 Å². The molecule has 1 aromatic carbocycles. The second kappa shape index (κ2) is 4.53. The van der Waals surface area contributed by atoms with Crippen LogP contribution in [0.2, 0.25) is 0 Å². The van der Waals surface area contributed by atoms with Crippen LogP contribution in [-0.2, 0) is 6.42 Å². The first-order valence-electron chi connectivity index (χ1n) is 6.45. The first kappa shape index (κ1) is 12.2. The van der Waals surface area contributed by atoms with Gasteiger partial charge >= 0.3 is 0 Å². The van der Waals surface area contributed by atoms with E-state index in [4.69, 9.17) is 5.73 Å². The molecule has 0 radical (unpaired) electrons. The van der Waals surface area contributed by atoms with Gasteiger partial charge in [-0.1, -0.05) is 25.5 Å². The SMILES string of the molecule is CCc1[nH]c2c(C)cc(C)cc2c1C(N)CC. The van der Waals surface area contributed by atoms with E-state index in [2.05, 4.69) is 44.8 Å². The summed E-state index contributed by atoms with van der Waals surface area (Å²) < 4.78 is 0. The summed E-state index contributed by atoms with van der Waals surface area (Å²) in [5.74, 6) is 0. The molecule has 2 heteroatoms. The third kappa shape index (κ3) is 1.98. The Morgan fingerprint density at radius 2 is 1.94 bits per heavy atom. The largest absolute Gasteiger partial charge is 0.358 e. The van der Waals surface area contributed by atoms with E-state index in [9.17, 15) is 0 Å². The molecule has 0 aliphatic heterocycles. The zero-order valence-corrected chi connectivity index (χ0v) is 11.2. The Balaban J connectivity index is 2.78. The fourth-order valence-electron chi connectivity index (χ4n) is 2.63. The van der Waals surface area contributed by atoms with Gasteiger partial charge in [-0.3, -0.25) is 0 Å². The van der Waals surface area contributed by atoms with Crippen molar-refractivity contribution in [3.05, 3.63) is 34.5 Å². The molecule has 1 atom stereocenters. The molecule has 3 N–H and O–H groups in total. The molecule has 1 aromatic heterocycles. The van der Waals surface area contributed by atoms with Gasteiger partial charge in [-0.2, -0.15) is 0 Å². The van der Waals surface area contributed by atoms with Crippen LogP contribution in [0.5, 0.6) is 0 Å². The van der Waals surface area contributed by atoms with Gasteiger partial charge in [0.25, 0.3) is 0 Å². The van der Waals surface area contributed by atoms with Crippen LogP contribution in [0.3, 0.4) is 0 Å². The molecule has 0 aliphatic rings. The highest BCUT2D eigenvalue weighted by molar-refractivity contribution is 5.88. The van der Waals surface area contributed by atoms with E-state index in [1.807, 2.05) is 0 Å². The summed E-state index contributed by atoms with van der Waals surface area (Å²) in [7, 11) is 0. The number of hydrogen-bond donors (Lipinski definition) is 2. The van der Waals surface area contributed by atoms with Gasteiger partial charge in [-0.15, -0.1) is 0 Å². The molecular weight excluding hydrogens is 208 g/mol. The van der Waals surface area contributed by atoms with Crippen molar-refractivity contribution >= 4 is 10.9 Å². The summed E-state index contributed by atoms with van der Waals surface area (Å²) in [5, 5.41) is 1.31. The number of nitrogens with one attached hydrogen (secondary N) is 1. The Hall–Kier alpha value is -1.28. The molecule has 0 bridgehead atoms. The zero-order chi connectivity index (χ0) is 12.6. The highest BCUT2D eigenvalue weighted by Gasteiger charge is 2.16. The fourth-order valence-corrected chi connectivity index (χ4v) is 2.63. The second-order valence-electron chi connectivity index (χ2n) is 4.89. The molecule has 0 spiro atoms. The summed E-state index contributed by atoms with van der Waals surface area (Å²) in [6, 6.07) is 4.61. The first-order valence-corrected chi connectivity index (χ1v) is 6.45. The lowest BCUT2D eigenvalue weighted by atomic mass is 9.98. The van der Waals surface area contributed by atoms with Gasteiger partial charge < -0.3 is 10.7 Å². The van der Waals surface area contributed by atoms with Crippen molar-refractivity contribution in [2.24, 2.45) is 5.73 Å². The molecular formula is C15H22N2. The third-order valence-electron chi connectivity index (χ3n) is 3.54. The Labute approximate surface area is 103 Å². The summed E-state index contributed by atoms with van der Waals surface area (Å²) in [6.45, 7) is 8.63. The van der Waals surface area contributed by atoms with Crippen molar-refractivity contribution in [3.63, 3.8) is 0 Å². The van der Waals surface area contributed by atoms with Crippen molar-refractivity contribution in [1.29, 1.82) is 0 Å². The summed E-state index contributed by atoms with van der Waals surface area (Å²) in [4.78, 5) is 3.54. The van der Waals surface area contributed by atoms with Crippen LogP contribution in [0.4, 0.5) is 0 Å². The molecule has 92 valence electrons. The van der Waals surface area contributed by atoms with E-state index in [-0.39, 0.29) is 6.04 Å². The van der Waals surface area contributed by atoms with E-state index >= 15 is 0 Å². The quantitative estimate of drug-likeness (QED) is 0.828. The Kier molecular flexibility index (Phi) is 3.25. The van der Waals surface area contributed by atoms with E-state index in [1.54, 1.807) is 0 Å². The average molecular weight is 230 g/mol. The van der Waals surface area contributed by atoms with Gasteiger partial charge in [-0.05, 0) is 43.9 Å². The van der Waals surface area contributed by atoms with Gasteiger partial charge in [-0.25, -0.2) is 0 Å². The van der Waals surface area contributed by atoms with Crippen molar-refractivity contribution in [2.75, 3.05) is 0 Å². The number of aromatic amines is 1. The van der Waals surface area contributed by atoms with Crippen LogP contribution in [0.25, 0.3) is 10.9 Å². The number of H-pyrrole nitrogens is 1. The fraction of sp³-hybridized carbons (Fsp3) is 0.467. The van der Waals surface area contributed by atoms with Gasteiger partial charge in [0.15, 0.2) is 0 Å². The highest BCUT2D eigenvalue weighted by Crippen LogP contribution is 2.31. The molecule has 2 rings (SSSR count). The van der Waals surface area contributed by atoms with E-state index in [1.165, 1.54) is 33.3 Å². The maximum atomic E-state index is 6.26. The zero-order valence-electron chi connectivity index (χ0n) is 11.2. The number of aromatic nitrogens is 1. The predicted molar refractivity (Wildman–Crippen MR) is 74.4 cm³/mol. The number of nitrogens with two attached hydrogens (primary N) is 1. The number of fused-ring (bicyclic) bond motifs is 1. The summed E-state index contributed by atoms with van der Waals surface area (Å²) >= 11 is 0. The first-order chi connectivity index (χ1) is 8.08. The lowest BCUT2D eigenvalue weighted by Gasteiger charge is -2.10. The molecule has 17 heavy (non-hydrogen) atoms. The van der Waals surface area contributed by atoms with Crippen molar-refractivity contribution in [3.8, 4) is 0 Å². The van der Waals surface area contributed by atoms with E-state index < -0.39 is 0 Å². The average Bonchev–Trinajstić information content (AvgIpc) is 2.66. The molecule has 0 fully saturated rings. The van der Waals surface area contributed by atoms with E-state index in [0.29, 0.717) is 0 Å². The van der Waals surface area contributed by atoms with E-state index in [0.717, 1.165) is 12.8 Å². The monoisotopic (exact) mass is 230 g/mol. The minimum atomic E-state index is 0.139. The lowest BCUT2D eigenvalue weighted by molar-refractivity contribution is 0.694. The number of rotatable bonds is 3. The number of hydrogen-bond acceptors (Lipinski definition) is 1. The van der Waals surface area contributed by atoms with Gasteiger partial charge in [0, 0.05) is 22.6 Å². The minimum Gasteiger partial charge on any atom is -0.358 e. The molecule has 0 saturated heterocycles. The maximum Gasteiger partial charge on any atom is 0.0489 e. The molecule has 0 saturated carbocycles. The minimum absolute atomic E-state index is 0.139. The summed E-state index contributed by atoms with van der Waals surface area (Å²) in [6.07, 6.45) is 1.99. The molecule has 2 aromatic rings. The van der Waals surface area contributed by atoms with Crippen LogP contribution in [0.15, 0.2) is 12.1 Å². The van der Waals surface area contributed by atoms with Gasteiger partial charge in [0.2, 0.25) is 0 Å². The topological polar surface area (TPSA) is 41.8 Å². The number of aryl methyl sites for hydroxylation is 3. The second-order valence-corrected chi connectivity index (χ2v) is 4.89.